The topological polar surface area (TPSA) is 37.3 Å². The maximum atomic E-state index is 9.98. The molecule has 0 radical (unpaired) electrons. The van der Waals surface area contributed by atoms with Gasteiger partial charge in [-0.15, -0.1) is 12.4 Å². The second-order valence-electron chi connectivity index (χ2n) is 2.21. The predicted molar refractivity (Wildman–Crippen MR) is 48.2 cm³/mol. The zero-order valence-electron chi connectivity index (χ0n) is 6.75. The molecule has 0 spiro atoms. The third-order valence-corrected chi connectivity index (χ3v) is 1.18. The number of rotatable bonds is 5. The standard InChI is InChI=1S/C8H14O2.ClH/c1-2-3-4-5-6-7-8(9)10;/h5-6H,2-4,7H2,1H3,(H,9,10);1H. The van der Waals surface area contributed by atoms with Crippen LogP contribution in [0.3, 0.4) is 0 Å². The van der Waals surface area contributed by atoms with Crippen molar-refractivity contribution in [3.8, 4) is 0 Å². The molecule has 0 bridgehead atoms. The lowest BCUT2D eigenvalue weighted by atomic mass is 10.2. The summed E-state index contributed by atoms with van der Waals surface area (Å²) in [6, 6.07) is 0. The lowest BCUT2D eigenvalue weighted by Crippen LogP contribution is -1.89. The highest BCUT2D eigenvalue weighted by atomic mass is 35.5. The molecule has 0 aliphatic carbocycles. The Kier molecular flexibility index (Phi) is 11.3. The Morgan fingerprint density at radius 1 is 1.45 bits per heavy atom. The first-order chi connectivity index (χ1) is 4.77. The number of aliphatic carboxylic acids is 1. The van der Waals surface area contributed by atoms with Gasteiger partial charge in [-0.25, -0.2) is 0 Å². The molecular weight excluding hydrogens is 164 g/mol. The molecule has 0 unspecified atom stereocenters. The second kappa shape index (κ2) is 9.50. The molecule has 0 atom stereocenters. The van der Waals surface area contributed by atoms with Crippen molar-refractivity contribution in [3.05, 3.63) is 12.2 Å². The van der Waals surface area contributed by atoms with E-state index in [2.05, 4.69) is 6.92 Å². The Labute approximate surface area is 73.7 Å². The van der Waals surface area contributed by atoms with Crippen molar-refractivity contribution in [3.63, 3.8) is 0 Å². The van der Waals surface area contributed by atoms with Gasteiger partial charge in [-0.1, -0.05) is 31.9 Å². The normalized spacial score (nSPS) is 9.55. The van der Waals surface area contributed by atoms with Gasteiger partial charge < -0.3 is 5.11 Å². The Morgan fingerprint density at radius 2 is 2.09 bits per heavy atom. The van der Waals surface area contributed by atoms with E-state index in [0.29, 0.717) is 0 Å². The quantitative estimate of drug-likeness (QED) is 0.519. The summed E-state index contributed by atoms with van der Waals surface area (Å²) in [5.41, 5.74) is 0. The third kappa shape index (κ3) is 12.6. The molecule has 66 valence electrons. The monoisotopic (exact) mass is 178 g/mol. The van der Waals surface area contributed by atoms with Crippen LogP contribution < -0.4 is 0 Å². The average molecular weight is 179 g/mol. The van der Waals surface area contributed by atoms with E-state index >= 15 is 0 Å². The fourth-order valence-electron chi connectivity index (χ4n) is 0.624. The van der Waals surface area contributed by atoms with Gasteiger partial charge in [-0.05, 0) is 6.42 Å². The molecule has 2 nitrogen and oxygen atoms in total. The van der Waals surface area contributed by atoms with Crippen molar-refractivity contribution in [2.45, 2.75) is 32.6 Å². The van der Waals surface area contributed by atoms with Crippen LogP contribution in [-0.4, -0.2) is 11.1 Å². The number of hydrogen-bond donors (Lipinski definition) is 1. The Balaban J connectivity index is 0. The molecule has 0 heterocycles. The number of carbonyl (C=O) groups is 1. The van der Waals surface area contributed by atoms with E-state index in [1.165, 1.54) is 0 Å². The lowest BCUT2D eigenvalue weighted by molar-refractivity contribution is -0.136. The molecule has 0 saturated heterocycles. The first kappa shape index (κ1) is 13.1. The minimum absolute atomic E-state index is 0. The zero-order valence-corrected chi connectivity index (χ0v) is 7.56. The summed E-state index contributed by atoms with van der Waals surface area (Å²) >= 11 is 0. The molecule has 11 heavy (non-hydrogen) atoms. The van der Waals surface area contributed by atoms with Gasteiger partial charge in [0.2, 0.25) is 0 Å². The molecule has 0 aliphatic rings. The van der Waals surface area contributed by atoms with Crippen LogP contribution in [0.25, 0.3) is 0 Å². The van der Waals surface area contributed by atoms with Crippen LogP contribution in [0.2, 0.25) is 0 Å². The Morgan fingerprint density at radius 3 is 2.55 bits per heavy atom. The van der Waals surface area contributed by atoms with Gasteiger partial charge in [0, 0.05) is 0 Å². The van der Waals surface area contributed by atoms with Gasteiger partial charge in [-0.3, -0.25) is 4.79 Å². The van der Waals surface area contributed by atoms with Crippen molar-refractivity contribution in [1.82, 2.24) is 0 Å². The average Bonchev–Trinajstić information content (AvgIpc) is 1.87. The van der Waals surface area contributed by atoms with Gasteiger partial charge in [0.15, 0.2) is 0 Å². The van der Waals surface area contributed by atoms with E-state index in [1.807, 2.05) is 6.08 Å². The van der Waals surface area contributed by atoms with E-state index in [9.17, 15) is 4.79 Å². The van der Waals surface area contributed by atoms with Crippen LogP contribution in [0.15, 0.2) is 12.2 Å². The highest BCUT2D eigenvalue weighted by molar-refractivity contribution is 5.85. The van der Waals surface area contributed by atoms with Crippen LogP contribution in [0, 0.1) is 0 Å². The molecule has 0 saturated carbocycles. The van der Waals surface area contributed by atoms with Gasteiger partial charge >= 0.3 is 5.97 Å². The molecule has 0 rings (SSSR count). The number of allylic oxidation sites excluding steroid dienone is 1. The van der Waals surface area contributed by atoms with Crippen molar-refractivity contribution in [2.75, 3.05) is 0 Å². The summed E-state index contributed by atoms with van der Waals surface area (Å²) in [7, 11) is 0. The van der Waals surface area contributed by atoms with Crippen LogP contribution in [-0.2, 0) is 4.79 Å². The number of halogens is 1. The minimum Gasteiger partial charge on any atom is -0.481 e. The highest BCUT2D eigenvalue weighted by Gasteiger charge is 1.87. The van der Waals surface area contributed by atoms with Gasteiger partial charge in [-0.2, -0.15) is 0 Å². The highest BCUT2D eigenvalue weighted by Crippen LogP contribution is 1.95. The Hall–Kier alpha value is -0.500. The first-order valence-electron chi connectivity index (χ1n) is 3.64. The molecule has 0 amide bonds. The number of hydrogen-bond acceptors (Lipinski definition) is 1. The molecule has 3 heteroatoms. The SMILES string of the molecule is CCCCC=CCC(=O)O.Cl. The predicted octanol–water partition coefficient (Wildman–Crippen LogP) is 2.63. The van der Waals surface area contributed by atoms with Crippen molar-refractivity contribution in [2.24, 2.45) is 0 Å². The third-order valence-electron chi connectivity index (χ3n) is 1.18. The van der Waals surface area contributed by atoms with Crippen molar-refractivity contribution < 1.29 is 9.90 Å². The van der Waals surface area contributed by atoms with Gasteiger partial charge in [0.25, 0.3) is 0 Å². The summed E-state index contributed by atoms with van der Waals surface area (Å²) < 4.78 is 0. The van der Waals surface area contributed by atoms with E-state index < -0.39 is 5.97 Å². The van der Waals surface area contributed by atoms with E-state index in [1.54, 1.807) is 6.08 Å². The summed E-state index contributed by atoms with van der Waals surface area (Å²) in [6.45, 7) is 2.12. The Bertz CT molecular complexity index is 121. The van der Waals surface area contributed by atoms with E-state index in [4.69, 9.17) is 5.11 Å². The number of carboxylic acids is 1. The summed E-state index contributed by atoms with van der Waals surface area (Å²) in [4.78, 5) is 9.98. The fraction of sp³-hybridized carbons (Fsp3) is 0.625. The van der Waals surface area contributed by atoms with Crippen molar-refractivity contribution in [1.29, 1.82) is 0 Å². The maximum Gasteiger partial charge on any atom is 0.307 e. The van der Waals surface area contributed by atoms with Crippen molar-refractivity contribution >= 4 is 18.4 Å². The van der Waals surface area contributed by atoms with Crippen LogP contribution in [0.4, 0.5) is 0 Å². The maximum absolute atomic E-state index is 9.98. The number of carboxylic acid groups (broad SMARTS) is 1. The molecular formula is C8H15ClO2. The summed E-state index contributed by atoms with van der Waals surface area (Å²) in [5, 5.41) is 8.22. The summed E-state index contributed by atoms with van der Waals surface area (Å²) in [6.07, 6.45) is 7.11. The zero-order chi connectivity index (χ0) is 7.82. The van der Waals surface area contributed by atoms with Crippen LogP contribution in [0.5, 0.6) is 0 Å². The molecule has 0 aromatic carbocycles. The van der Waals surface area contributed by atoms with Gasteiger partial charge in [0.1, 0.15) is 0 Å². The number of unbranched alkanes of at least 4 members (excludes halogenated alkanes) is 2. The second-order valence-corrected chi connectivity index (χ2v) is 2.21. The minimum atomic E-state index is -0.757. The molecule has 0 aliphatic heterocycles. The van der Waals surface area contributed by atoms with Crippen LogP contribution >= 0.6 is 12.4 Å². The molecule has 0 fully saturated rings. The molecule has 0 aromatic rings. The van der Waals surface area contributed by atoms with Crippen LogP contribution in [0.1, 0.15) is 32.6 Å². The molecule has 0 aromatic heterocycles. The van der Waals surface area contributed by atoms with E-state index in [-0.39, 0.29) is 18.8 Å². The lowest BCUT2D eigenvalue weighted by Gasteiger charge is -1.86. The smallest absolute Gasteiger partial charge is 0.307 e. The largest absolute Gasteiger partial charge is 0.481 e. The summed E-state index contributed by atoms with van der Waals surface area (Å²) in [5.74, 6) is -0.757. The fourth-order valence-corrected chi connectivity index (χ4v) is 0.624. The van der Waals surface area contributed by atoms with Gasteiger partial charge in [0.05, 0.1) is 6.42 Å². The van der Waals surface area contributed by atoms with E-state index in [0.717, 1.165) is 19.3 Å². The first-order valence-corrected chi connectivity index (χ1v) is 3.64. The molecule has 1 N–H and O–H groups in total.